The molecule has 1 aromatic carbocycles. The minimum atomic E-state index is -0.516. The van der Waals surface area contributed by atoms with Crippen molar-refractivity contribution in [2.45, 2.75) is 33.6 Å². The number of nitrogens with one attached hydrogen (secondary N) is 2. The lowest BCUT2D eigenvalue weighted by atomic mass is 10.1. The summed E-state index contributed by atoms with van der Waals surface area (Å²) in [6, 6.07) is 3.92. The number of halogens is 2. The summed E-state index contributed by atoms with van der Waals surface area (Å²) in [5.41, 5.74) is 1.17. The number of hydrogen-bond donors (Lipinski definition) is 2. The number of aromatic nitrogens is 1. The van der Waals surface area contributed by atoms with Crippen molar-refractivity contribution in [3.63, 3.8) is 0 Å². The average molecular weight is 366 g/mol. The number of aliphatic imine (C=N–C) groups is 1. The molecule has 0 saturated heterocycles. The van der Waals surface area contributed by atoms with Crippen molar-refractivity contribution in [3.05, 3.63) is 51.0 Å². The third-order valence-electron chi connectivity index (χ3n) is 3.74. The SMILES string of the molecule is CCNC(=NCCc1nc(C)c(C)s1)NCCc1c(F)cccc1F. The molecule has 136 valence electrons. The smallest absolute Gasteiger partial charge is 0.191 e. The van der Waals surface area contributed by atoms with E-state index in [0.29, 0.717) is 19.0 Å². The summed E-state index contributed by atoms with van der Waals surface area (Å²) >= 11 is 1.69. The van der Waals surface area contributed by atoms with Crippen LogP contribution < -0.4 is 10.6 Å². The molecule has 0 aliphatic heterocycles. The number of aryl methyl sites for hydroxylation is 2. The largest absolute Gasteiger partial charge is 0.357 e. The number of thiazole rings is 1. The van der Waals surface area contributed by atoms with Gasteiger partial charge in [0.25, 0.3) is 0 Å². The predicted molar refractivity (Wildman–Crippen MR) is 99.3 cm³/mol. The highest BCUT2D eigenvalue weighted by molar-refractivity contribution is 7.11. The van der Waals surface area contributed by atoms with Crippen LogP contribution in [0.3, 0.4) is 0 Å². The zero-order chi connectivity index (χ0) is 18.2. The fourth-order valence-electron chi connectivity index (χ4n) is 2.33. The molecule has 0 amide bonds. The van der Waals surface area contributed by atoms with Crippen LogP contribution >= 0.6 is 11.3 Å². The van der Waals surface area contributed by atoms with Gasteiger partial charge < -0.3 is 10.6 Å². The molecule has 1 aromatic heterocycles. The van der Waals surface area contributed by atoms with Crippen LogP contribution in [-0.4, -0.2) is 30.6 Å². The Hall–Kier alpha value is -2.02. The van der Waals surface area contributed by atoms with Crippen molar-refractivity contribution < 1.29 is 8.78 Å². The summed E-state index contributed by atoms with van der Waals surface area (Å²) in [5.74, 6) is -0.388. The quantitative estimate of drug-likeness (QED) is 0.583. The van der Waals surface area contributed by atoms with E-state index in [4.69, 9.17) is 0 Å². The molecule has 2 aromatic rings. The van der Waals surface area contributed by atoms with Crippen LogP contribution in [0.25, 0.3) is 0 Å². The van der Waals surface area contributed by atoms with E-state index in [1.807, 2.05) is 13.8 Å². The zero-order valence-electron chi connectivity index (χ0n) is 14.8. The van der Waals surface area contributed by atoms with Gasteiger partial charge in [0.15, 0.2) is 5.96 Å². The van der Waals surface area contributed by atoms with Crippen LogP contribution in [-0.2, 0) is 12.8 Å². The van der Waals surface area contributed by atoms with Crippen molar-refractivity contribution >= 4 is 17.3 Å². The summed E-state index contributed by atoms with van der Waals surface area (Å²) in [5, 5.41) is 7.32. The molecule has 2 rings (SSSR count). The van der Waals surface area contributed by atoms with Gasteiger partial charge in [-0.2, -0.15) is 0 Å². The molecule has 0 fully saturated rings. The van der Waals surface area contributed by atoms with E-state index < -0.39 is 11.6 Å². The number of benzene rings is 1. The molecule has 0 bridgehead atoms. The van der Waals surface area contributed by atoms with E-state index in [1.54, 1.807) is 11.3 Å². The first-order valence-electron chi connectivity index (χ1n) is 8.39. The van der Waals surface area contributed by atoms with Gasteiger partial charge in [-0.1, -0.05) is 6.07 Å². The lowest BCUT2D eigenvalue weighted by Gasteiger charge is -2.11. The second kappa shape index (κ2) is 9.46. The van der Waals surface area contributed by atoms with Gasteiger partial charge in [-0.25, -0.2) is 13.8 Å². The second-order valence-electron chi connectivity index (χ2n) is 5.64. The molecule has 25 heavy (non-hydrogen) atoms. The van der Waals surface area contributed by atoms with Gasteiger partial charge in [-0.3, -0.25) is 4.99 Å². The Morgan fingerprint density at radius 2 is 1.88 bits per heavy atom. The summed E-state index contributed by atoms with van der Waals surface area (Å²) in [6.45, 7) is 7.77. The standard InChI is InChI=1S/C18H24F2N4S/c1-4-21-18(23-11-9-17-24-12(2)13(3)25-17)22-10-8-14-15(19)6-5-7-16(14)20/h5-7H,4,8-11H2,1-3H3,(H2,21,22,23). The number of guanidine groups is 1. The molecule has 0 radical (unpaired) electrons. The minimum absolute atomic E-state index is 0.0968. The van der Waals surface area contributed by atoms with Gasteiger partial charge in [0.2, 0.25) is 0 Å². The molecule has 7 heteroatoms. The van der Waals surface area contributed by atoms with E-state index in [-0.39, 0.29) is 12.0 Å². The molecule has 0 aliphatic carbocycles. The first kappa shape index (κ1) is 19.3. The summed E-state index contributed by atoms with van der Waals surface area (Å²) in [7, 11) is 0. The van der Waals surface area contributed by atoms with E-state index >= 15 is 0 Å². The summed E-state index contributed by atoms with van der Waals surface area (Å²) < 4.78 is 27.3. The fourth-order valence-corrected chi connectivity index (χ4v) is 3.25. The molecule has 0 spiro atoms. The highest BCUT2D eigenvalue weighted by atomic mass is 32.1. The minimum Gasteiger partial charge on any atom is -0.357 e. The lowest BCUT2D eigenvalue weighted by molar-refractivity contribution is 0.553. The Morgan fingerprint density at radius 3 is 2.48 bits per heavy atom. The number of hydrogen-bond acceptors (Lipinski definition) is 3. The van der Waals surface area contributed by atoms with Crippen LogP contribution in [0.15, 0.2) is 23.2 Å². The van der Waals surface area contributed by atoms with Crippen LogP contribution in [0.5, 0.6) is 0 Å². The van der Waals surface area contributed by atoms with Gasteiger partial charge in [0.1, 0.15) is 11.6 Å². The van der Waals surface area contributed by atoms with Crippen molar-refractivity contribution in [2.24, 2.45) is 4.99 Å². The lowest BCUT2D eigenvalue weighted by Crippen LogP contribution is -2.38. The molecular weight excluding hydrogens is 342 g/mol. The van der Waals surface area contributed by atoms with E-state index in [9.17, 15) is 8.78 Å². The predicted octanol–water partition coefficient (Wildman–Crippen LogP) is 3.38. The van der Waals surface area contributed by atoms with E-state index in [0.717, 1.165) is 23.7 Å². The Labute approximate surface area is 151 Å². The van der Waals surface area contributed by atoms with Crippen LogP contribution in [0.4, 0.5) is 8.78 Å². The maximum absolute atomic E-state index is 13.6. The van der Waals surface area contributed by atoms with Gasteiger partial charge in [-0.05, 0) is 39.3 Å². The fraction of sp³-hybridized carbons (Fsp3) is 0.444. The average Bonchev–Trinajstić information content (AvgIpc) is 2.88. The molecule has 4 nitrogen and oxygen atoms in total. The Kier molecular flexibility index (Phi) is 7.31. The van der Waals surface area contributed by atoms with Gasteiger partial charge >= 0.3 is 0 Å². The molecule has 0 saturated carbocycles. The highest BCUT2D eigenvalue weighted by Crippen LogP contribution is 2.16. The van der Waals surface area contributed by atoms with Crippen molar-refractivity contribution in [3.8, 4) is 0 Å². The third kappa shape index (κ3) is 5.77. The Bertz CT molecular complexity index is 688. The molecule has 2 N–H and O–H groups in total. The van der Waals surface area contributed by atoms with Gasteiger partial charge in [0.05, 0.1) is 10.7 Å². The highest BCUT2D eigenvalue weighted by Gasteiger charge is 2.08. The molecular formula is C18H24F2N4S. The Balaban J connectivity index is 1.87. The van der Waals surface area contributed by atoms with E-state index in [2.05, 4.69) is 27.5 Å². The maximum Gasteiger partial charge on any atom is 0.191 e. The molecule has 0 unspecified atom stereocenters. The molecule has 0 atom stereocenters. The van der Waals surface area contributed by atoms with Crippen LogP contribution in [0, 0.1) is 25.5 Å². The second-order valence-corrected chi connectivity index (χ2v) is 6.92. The van der Waals surface area contributed by atoms with Gasteiger partial charge in [-0.15, -0.1) is 11.3 Å². The Morgan fingerprint density at radius 1 is 1.16 bits per heavy atom. The molecule has 1 heterocycles. The van der Waals surface area contributed by atoms with Crippen LogP contribution in [0.1, 0.15) is 28.1 Å². The normalized spacial score (nSPS) is 11.6. The summed E-state index contributed by atoms with van der Waals surface area (Å²) in [4.78, 5) is 10.2. The monoisotopic (exact) mass is 366 g/mol. The maximum atomic E-state index is 13.6. The van der Waals surface area contributed by atoms with Gasteiger partial charge in [0, 0.05) is 36.5 Å². The van der Waals surface area contributed by atoms with Crippen molar-refractivity contribution in [1.29, 1.82) is 0 Å². The topological polar surface area (TPSA) is 49.3 Å². The summed E-state index contributed by atoms with van der Waals surface area (Å²) in [6.07, 6.45) is 1.03. The number of rotatable bonds is 7. The zero-order valence-corrected chi connectivity index (χ0v) is 15.6. The van der Waals surface area contributed by atoms with Crippen molar-refractivity contribution in [2.75, 3.05) is 19.6 Å². The third-order valence-corrected chi connectivity index (χ3v) is 4.87. The van der Waals surface area contributed by atoms with E-state index in [1.165, 1.54) is 23.1 Å². The van der Waals surface area contributed by atoms with Crippen molar-refractivity contribution in [1.82, 2.24) is 15.6 Å². The number of nitrogens with zero attached hydrogens (tertiary/aromatic N) is 2. The molecule has 0 aliphatic rings. The van der Waals surface area contributed by atoms with Crippen LogP contribution in [0.2, 0.25) is 0 Å². The first-order chi connectivity index (χ1) is 12.0. The first-order valence-corrected chi connectivity index (χ1v) is 9.21.